The van der Waals surface area contributed by atoms with Gasteiger partial charge in [-0.25, -0.2) is 0 Å². The van der Waals surface area contributed by atoms with Crippen LogP contribution in [0.2, 0.25) is 0 Å². The summed E-state index contributed by atoms with van der Waals surface area (Å²) in [5, 5.41) is 12.9. The molecule has 1 aromatic rings. The van der Waals surface area contributed by atoms with Gasteiger partial charge in [0.2, 0.25) is 0 Å². The molecule has 2 aliphatic heterocycles. The summed E-state index contributed by atoms with van der Waals surface area (Å²) in [7, 11) is 0. The molecule has 0 amide bonds. The zero-order valence-electron chi connectivity index (χ0n) is 13.1. The highest BCUT2D eigenvalue weighted by Crippen LogP contribution is 2.27. The summed E-state index contributed by atoms with van der Waals surface area (Å²) in [5.41, 5.74) is 2.06. The highest BCUT2D eigenvalue weighted by molar-refractivity contribution is 5.32. The van der Waals surface area contributed by atoms with Crippen LogP contribution in [0.4, 0.5) is 0 Å². The molecule has 0 aromatic heterocycles. The van der Waals surface area contributed by atoms with Crippen molar-refractivity contribution in [1.82, 2.24) is 10.2 Å². The van der Waals surface area contributed by atoms with E-state index in [2.05, 4.69) is 40.6 Å². The van der Waals surface area contributed by atoms with Crippen molar-refractivity contribution in [3.05, 3.63) is 35.4 Å². The largest absolute Gasteiger partial charge is 0.312 e. The maximum absolute atomic E-state index is 9.20. The predicted molar refractivity (Wildman–Crippen MR) is 84.9 cm³/mol. The number of nitriles is 1. The Bertz CT molecular complexity index is 512. The Labute approximate surface area is 128 Å². The second-order valence-electron chi connectivity index (χ2n) is 7.09. The molecular formula is C18H25N3. The number of nitrogens with one attached hydrogen (secondary N) is 1. The van der Waals surface area contributed by atoms with Crippen molar-refractivity contribution in [2.24, 2.45) is 5.92 Å². The number of piperidine rings is 1. The molecule has 1 N–H and O–H groups in total. The average Bonchev–Trinajstić information content (AvgIpc) is 2.90. The minimum atomic E-state index is -0.398. The van der Waals surface area contributed by atoms with Crippen LogP contribution in [-0.2, 0) is 12.0 Å². The van der Waals surface area contributed by atoms with Crippen LogP contribution in [0.3, 0.4) is 0 Å². The van der Waals surface area contributed by atoms with E-state index in [1.54, 1.807) is 0 Å². The van der Waals surface area contributed by atoms with Gasteiger partial charge in [0.1, 0.15) is 0 Å². The molecule has 2 atom stereocenters. The van der Waals surface area contributed by atoms with Crippen molar-refractivity contribution in [2.45, 2.75) is 44.7 Å². The SMILES string of the molecule is CC(C)(C#N)c1ccc(CN2C[C@@H]3CCCN[C@@H]3C2)cc1. The molecule has 0 radical (unpaired) electrons. The monoisotopic (exact) mass is 283 g/mol. The van der Waals surface area contributed by atoms with Gasteiger partial charge in [0.05, 0.1) is 11.5 Å². The molecule has 3 nitrogen and oxygen atoms in total. The lowest BCUT2D eigenvalue weighted by Gasteiger charge is -2.24. The van der Waals surface area contributed by atoms with Crippen LogP contribution in [-0.4, -0.2) is 30.6 Å². The fourth-order valence-electron chi connectivity index (χ4n) is 3.61. The normalized spacial score (nSPS) is 26.3. The van der Waals surface area contributed by atoms with Crippen LogP contribution >= 0.6 is 0 Å². The Morgan fingerprint density at radius 2 is 2.05 bits per heavy atom. The van der Waals surface area contributed by atoms with Gasteiger partial charge in [0, 0.05) is 25.7 Å². The lowest BCUT2D eigenvalue weighted by Crippen LogP contribution is -2.40. The molecule has 0 saturated carbocycles. The van der Waals surface area contributed by atoms with E-state index in [0.717, 1.165) is 18.0 Å². The van der Waals surface area contributed by atoms with E-state index in [9.17, 15) is 5.26 Å². The Hall–Kier alpha value is -1.37. The summed E-state index contributed by atoms with van der Waals surface area (Å²) < 4.78 is 0. The minimum absolute atomic E-state index is 0.398. The van der Waals surface area contributed by atoms with E-state index < -0.39 is 5.41 Å². The van der Waals surface area contributed by atoms with Crippen molar-refractivity contribution in [3.8, 4) is 6.07 Å². The van der Waals surface area contributed by atoms with Crippen LogP contribution in [0.25, 0.3) is 0 Å². The van der Waals surface area contributed by atoms with Crippen LogP contribution in [0.5, 0.6) is 0 Å². The van der Waals surface area contributed by atoms with Gasteiger partial charge in [-0.3, -0.25) is 4.90 Å². The Morgan fingerprint density at radius 1 is 1.29 bits per heavy atom. The molecular weight excluding hydrogens is 258 g/mol. The molecule has 0 unspecified atom stereocenters. The first-order valence-corrected chi connectivity index (χ1v) is 8.05. The van der Waals surface area contributed by atoms with E-state index in [1.807, 2.05) is 13.8 Å². The van der Waals surface area contributed by atoms with Gasteiger partial charge in [-0.2, -0.15) is 5.26 Å². The van der Waals surface area contributed by atoms with Crippen molar-refractivity contribution in [3.63, 3.8) is 0 Å². The molecule has 2 fully saturated rings. The number of rotatable bonds is 3. The number of benzene rings is 1. The molecule has 3 heteroatoms. The maximum atomic E-state index is 9.20. The highest BCUT2D eigenvalue weighted by Gasteiger charge is 2.33. The summed E-state index contributed by atoms with van der Waals surface area (Å²) in [5.74, 6) is 0.843. The molecule has 0 spiro atoms. The molecule has 21 heavy (non-hydrogen) atoms. The van der Waals surface area contributed by atoms with Crippen molar-refractivity contribution in [2.75, 3.05) is 19.6 Å². The van der Waals surface area contributed by atoms with Crippen LogP contribution in [0.15, 0.2) is 24.3 Å². The molecule has 1 aromatic carbocycles. The lowest BCUT2D eigenvalue weighted by atomic mass is 9.86. The summed E-state index contributed by atoms with van der Waals surface area (Å²) in [4.78, 5) is 2.57. The van der Waals surface area contributed by atoms with E-state index in [-0.39, 0.29) is 0 Å². The number of nitrogens with zero attached hydrogens (tertiary/aromatic N) is 2. The van der Waals surface area contributed by atoms with Gasteiger partial charge >= 0.3 is 0 Å². The quantitative estimate of drug-likeness (QED) is 0.927. The predicted octanol–water partition coefficient (Wildman–Crippen LogP) is 2.67. The second kappa shape index (κ2) is 5.79. The molecule has 0 aliphatic carbocycles. The zero-order chi connectivity index (χ0) is 14.9. The van der Waals surface area contributed by atoms with Gasteiger partial charge in [-0.05, 0) is 50.3 Å². The van der Waals surface area contributed by atoms with Crippen molar-refractivity contribution >= 4 is 0 Å². The molecule has 2 heterocycles. The molecule has 3 rings (SSSR count). The molecule has 2 aliphatic rings. The Balaban J connectivity index is 1.63. The summed E-state index contributed by atoms with van der Waals surface area (Å²) in [6, 6.07) is 11.7. The van der Waals surface area contributed by atoms with Gasteiger partial charge in [-0.15, -0.1) is 0 Å². The molecule has 2 saturated heterocycles. The molecule has 112 valence electrons. The Morgan fingerprint density at radius 3 is 2.71 bits per heavy atom. The van der Waals surface area contributed by atoms with Crippen molar-refractivity contribution in [1.29, 1.82) is 5.26 Å². The first kappa shape index (κ1) is 14.6. The second-order valence-corrected chi connectivity index (χ2v) is 7.09. The van der Waals surface area contributed by atoms with E-state index in [1.165, 1.54) is 38.0 Å². The van der Waals surface area contributed by atoms with Crippen LogP contribution in [0, 0.1) is 17.2 Å². The number of fused-ring (bicyclic) bond motifs is 1. The maximum Gasteiger partial charge on any atom is 0.0766 e. The first-order valence-electron chi connectivity index (χ1n) is 8.05. The van der Waals surface area contributed by atoms with Gasteiger partial charge in [0.25, 0.3) is 0 Å². The highest BCUT2D eigenvalue weighted by atomic mass is 15.2. The fourth-order valence-corrected chi connectivity index (χ4v) is 3.61. The third-order valence-corrected chi connectivity index (χ3v) is 5.04. The number of likely N-dealkylation sites (tertiary alicyclic amines) is 1. The van der Waals surface area contributed by atoms with E-state index in [4.69, 9.17) is 0 Å². The van der Waals surface area contributed by atoms with Gasteiger partial charge < -0.3 is 5.32 Å². The standard InChI is InChI=1S/C18H25N3/c1-18(2,13-19)16-7-5-14(6-8-16)10-21-11-15-4-3-9-20-17(15)12-21/h5-8,15,17,20H,3-4,9-12H2,1-2H3/t15-,17+/m0/s1. The van der Waals surface area contributed by atoms with Crippen LogP contribution < -0.4 is 5.32 Å². The average molecular weight is 283 g/mol. The summed E-state index contributed by atoms with van der Waals surface area (Å²) in [6.07, 6.45) is 2.70. The van der Waals surface area contributed by atoms with E-state index in [0.29, 0.717) is 6.04 Å². The van der Waals surface area contributed by atoms with Gasteiger partial charge in [0.15, 0.2) is 0 Å². The van der Waals surface area contributed by atoms with Gasteiger partial charge in [-0.1, -0.05) is 24.3 Å². The lowest BCUT2D eigenvalue weighted by molar-refractivity contribution is 0.312. The fraction of sp³-hybridized carbons (Fsp3) is 0.611. The minimum Gasteiger partial charge on any atom is -0.312 e. The third kappa shape index (κ3) is 3.12. The summed E-state index contributed by atoms with van der Waals surface area (Å²) >= 11 is 0. The molecule has 0 bridgehead atoms. The number of hydrogen-bond donors (Lipinski definition) is 1. The van der Waals surface area contributed by atoms with Crippen LogP contribution in [0.1, 0.15) is 37.8 Å². The third-order valence-electron chi connectivity index (χ3n) is 5.04. The van der Waals surface area contributed by atoms with Crippen molar-refractivity contribution < 1.29 is 0 Å². The topological polar surface area (TPSA) is 39.1 Å². The first-order chi connectivity index (χ1) is 10.1. The Kier molecular flexibility index (Phi) is 4.01. The summed E-state index contributed by atoms with van der Waals surface area (Å²) in [6.45, 7) is 8.56. The smallest absolute Gasteiger partial charge is 0.0766 e. The number of hydrogen-bond acceptors (Lipinski definition) is 3. The van der Waals surface area contributed by atoms with E-state index >= 15 is 0 Å². The zero-order valence-corrected chi connectivity index (χ0v) is 13.1.